The van der Waals surface area contributed by atoms with E-state index in [0.717, 1.165) is 36.3 Å². The Bertz CT molecular complexity index is 474. The summed E-state index contributed by atoms with van der Waals surface area (Å²) in [4.78, 5) is 14.7. The fourth-order valence-electron chi connectivity index (χ4n) is 2.57. The van der Waals surface area contributed by atoms with Gasteiger partial charge in [-0.2, -0.15) is 0 Å². The van der Waals surface area contributed by atoms with Crippen molar-refractivity contribution >= 4 is 36.4 Å². The summed E-state index contributed by atoms with van der Waals surface area (Å²) in [6.45, 7) is 6.69. The minimum atomic E-state index is 0. The van der Waals surface area contributed by atoms with Crippen LogP contribution < -0.4 is 16.0 Å². The van der Waals surface area contributed by atoms with Crippen molar-refractivity contribution in [3.63, 3.8) is 0 Å². The van der Waals surface area contributed by atoms with E-state index in [1.54, 1.807) is 0 Å². The molecule has 6 heteroatoms. The van der Waals surface area contributed by atoms with E-state index in [4.69, 9.17) is 5.73 Å². The van der Waals surface area contributed by atoms with Crippen molar-refractivity contribution in [3.8, 4) is 0 Å². The highest BCUT2D eigenvalue weighted by Crippen LogP contribution is 2.25. The molecule has 1 atom stereocenters. The van der Waals surface area contributed by atoms with E-state index in [1.807, 2.05) is 19.9 Å². The molecule has 1 heterocycles. The van der Waals surface area contributed by atoms with Crippen LogP contribution in [0.3, 0.4) is 0 Å². The molecule has 3 N–H and O–H groups in total. The molecule has 1 aliphatic rings. The Morgan fingerprint density at radius 2 is 1.95 bits per heavy atom. The van der Waals surface area contributed by atoms with E-state index >= 15 is 0 Å². The molecule has 1 saturated heterocycles. The van der Waals surface area contributed by atoms with Gasteiger partial charge in [0.15, 0.2) is 0 Å². The van der Waals surface area contributed by atoms with Gasteiger partial charge in [0.1, 0.15) is 0 Å². The number of nitrogens with zero attached hydrogens (tertiary/aromatic N) is 1. The first-order valence-electron chi connectivity index (χ1n) is 7.47. The second-order valence-electron chi connectivity index (χ2n) is 5.74. The van der Waals surface area contributed by atoms with Gasteiger partial charge in [-0.3, -0.25) is 4.79 Å². The lowest BCUT2D eigenvalue weighted by Gasteiger charge is -2.21. The number of hydrogen-bond acceptors (Lipinski definition) is 3. The van der Waals surface area contributed by atoms with E-state index in [0.29, 0.717) is 6.54 Å². The summed E-state index contributed by atoms with van der Waals surface area (Å²) in [5, 5.41) is 2.98. The van der Waals surface area contributed by atoms with Gasteiger partial charge in [-0.05, 0) is 45.2 Å². The molecule has 1 aliphatic heterocycles. The molecule has 1 aromatic carbocycles. The lowest BCUT2D eigenvalue weighted by Crippen LogP contribution is -2.30. The quantitative estimate of drug-likeness (QED) is 0.860. The average Bonchev–Trinajstić information content (AvgIpc) is 2.91. The van der Waals surface area contributed by atoms with Crippen LogP contribution in [0.4, 0.5) is 5.69 Å². The summed E-state index contributed by atoms with van der Waals surface area (Å²) >= 11 is 0. The Morgan fingerprint density at radius 1 is 1.32 bits per heavy atom. The van der Waals surface area contributed by atoms with Gasteiger partial charge in [-0.15, -0.1) is 24.8 Å². The maximum atomic E-state index is 12.4. The normalized spacial score (nSPS) is 14.8. The Balaban J connectivity index is 0.00000220. The molecule has 2 rings (SSSR count). The lowest BCUT2D eigenvalue weighted by molar-refractivity contribution is 0.0953. The standard InChI is InChI=1S/C16H25N3O.2ClH/c1-12-5-6-15(19-9-3-4-10-19)14(11-12)16(20)18-8-7-13(2)17;;/h5-6,11,13H,3-4,7-10,17H2,1-2H3,(H,18,20);2*1H. The average molecular weight is 348 g/mol. The molecule has 1 unspecified atom stereocenters. The molecule has 0 aromatic heterocycles. The molecule has 0 saturated carbocycles. The number of carbonyl (C=O) groups excluding carboxylic acids is 1. The van der Waals surface area contributed by atoms with Crippen LogP contribution in [0.15, 0.2) is 18.2 Å². The summed E-state index contributed by atoms with van der Waals surface area (Å²) in [5.41, 5.74) is 8.68. The molecule has 4 nitrogen and oxygen atoms in total. The first kappa shape index (κ1) is 21.0. The van der Waals surface area contributed by atoms with Crippen molar-refractivity contribution in [2.75, 3.05) is 24.5 Å². The Kier molecular flexibility index (Phi) is 9.49. The molecule has 0 aliphatic carbocycles. The Labute approximate surface area is 145 Å². The number of rotatable bonds is 5. The third-order valence-electron chi connectivity index (χ3n) is 3.73. The van der Waals surface area contributed by atoms with E-state index in [-0.39, 0.29) is 36.8 Å². The maximum absolute atomic E-state index is 12.4. The molecular weight excluding hydrogens is 321 g/mol. The summed E-state index contributed by atoms with van der Waals surface area (Å²) in [7, 11) is 0. The zero-order chi connectivity index (χ0) is 14.5. The number of nitrogens with one attached hydrogen (secondary N) is 1. The predicted molar refractivity (Wildman–Crippen MR) is 97.7 cm³/mol. The maximum Gasteiger partial charge on any atom is 0.253 e. The third-order valence-corrected chi connectivity index (χ3v) is 3.73. The third kappa shape index (κ3) is 5.67. The van der Waals surface area contributed by atoms with Crippen LogP contribution in [0.2, 0.25) is 0 Å². The number of halogens is 2. The summed E-state index contributed by atoms with van der Waals surface area (Å²) in [6, 6.07) is 6.24. The van der Waals surface area contributed by atoms with Gasteiger partial charge >= 0.3 is 0 Å². The molecule has 0 radical (unpaired) electrons. The fraction of sp³-hybridized carbons (Fsp3) is 0.562. The van der Waals surface area contributed by atoms with Crippen LogP contribution in [-0.4, -0.2) is 31.6 Å². The van der Waals surface area contributed by atoms with Gasteiger partial charge in [0.2, 0.25) is 0 Å². The van der Waals surface area contributed by atoms with Crippen molar-refractivity contribution in [1.29, 1.82) is 0 Å². The van der Waals surface area contributed by atoms with Crippen LogP contribution >= 0.6 is 24.8 Å². The van der Waals surface area contributed by atoms with Crippen LogP contribution in [-0.2, 0) is 0 Å². The lowest BCUT2D eigenvalue weighted by atomic mass is 10.1. The van der Waals surface area contributed by atoms with Crippen LogP contribution in [0, 0.1) is 6.92 Å². The number of amides is 1. The van der Waals surface area contributed by atoms with Crippen LogP contribution in [0.25, 0.3) is 0 Å². The van der Waals surface area contributed by atoms with Crippen molar-refractivity contribution in [2.24, 2.45) is 5.73 Å². The van der Waals surface area contributed by atoms with Crippen molar-refractivity contribution in [1.82, 2.24) is 5.32 Å². The number of hydrogen-bond donors (Lipinski definition) is 2. The van der Waals surface area contributed by atoms with Gasteiger partial charge in [0.05, 0.1) is 5.56 Å². The fourth-order valence-corrected chi connectivity index (χ4v) is 2.57. The topological polar surface area (TPSA) is 58.4 Å². The monoisotopic (exact) mass is 347 g/mol. The first-order valence-corrected chi connectivity index (χ1v) is 7.47. The van der Waals surface area contributed by atoms with Crippen molar-refractivity contribution in [2.45, 2.75) is 39.2 Å². The number of aryl methyl sites for hydroxylation is 1. The van der Waals surface area contributed by atoms with Gasteiger partial charge in [-0.25, -0.2) is 0 Å². The molecule has 1 amide bonds. The molecule has 0 spiro atoms. The van der Waals surface area contributed by atoms with E-state index in [9.17, 15) is 4.79 Å². The molecule has 1 aromatic rings. The van der Waals surface area contributed by atoms with Gasteiger partial charge in [-0.1, -0.05) is 11.6 Å². The largest absolute Gasteiger partial charge is 0.371 e. The predicted octanol–water partition coefficient (Wildman–Crippen LogP) is 2.91. The summed E-state index contributed by atoms with van der Waals surface area (Å²) in [5.74, 6) is 0.0104. The van der Waals surface area contributed by atoms with Gasteiger partial charge in [0, 0.05) is 31.4 Å². The van der Waals surface area contributed by atoms with E-state index in [1.165, 1.54) is 12.8 Å². The van der Waals surface area contributed by atoms with Gasteiger partial charge < -0.3 is 16.0 Å². The van der Waals surface area contributed by atoms with Crippen molar-refractivity contribution in [3.05, 3.63) is 29.3 Å². The first-order chi connectivity index (χ1) is 9.58. The van der Waals surface area contributed by atoms with Gasteiger partial charge in [0.25, 0.3) is 5.91 Å². The highest BCUT2D eigenvalue weighted by atomic mass is 35.5. The Morgan fingerprint density at radius 3 is 2.55 bits per heavy atom. The van der Waals surface area contributed by atoms with Crippen LogP contribution in [0.5, 0.6) is 0 Å². The molecule has 0 bridgehead atoms. The van der Waals surface area contributed by atoms with E-state index < -0.39 is 0 Å². The number of carbonyl (C=O) groups is 1. The smallest absolute Gasteiger partial charge is 0.253 e. The Hall–Kier alpha value is -0.970. The highest BCUT2D eigenvalue weighted by molar-refractivity contribution is 6.00. The number of anilines is 1. The number of benzene rings is 1. The molecule has 22 heavy (non-hydrogen) atoms. The second-order valence-corrected chi connectivity index (χ2v) is 5.74. The minimum Gasteiger partial charge on any atom is -0.371 e. The second kappa shape index (κ2) is 9.93. The zero-order valence-electron chi connectivity index (χ0n) is 13.3. The molecule has 1 fully saturated rings. The molecule has 126 valence electrons. The zero-order valence-corrected chi connectivity index (χ0v) is 14.9. The van der Waals surface area contributed by atoms with E-state index in [2.05, 4.69) is 22.3 Å². The van der Waals surface area contributed by atoms with Crippen LogP contribution in [0.1, 0.15) is 42.1 Å². The number of nitrogens with two attached hydrogens (primary N) is 1. The minimum absolute atomic E-state index is 0. The molecular formula is C16H27Cl2N3O. The SMILES string of the molecule is Cc1ccc(N2CCCC2)c(C(=O)NCCC(C)N)c1.Cl.Cl. The highest BCUT2D eigenvalue weighted by Gasteiger charge is 2.19. The summed E-state index contributed by atoms with van der Waals surface area (Å²) in [6.07, 6.45) is 3.22. The van der Waals surface area contributed by atoms with Crippen molar-refractivity contribution < 1.29 is 4.79 Å². The summed E-state index contributed by atoms with van der Waals surface area (Å²) < 4.78 is 0.